The fraction of sp³-hybridized carbons (Fsp3) is 0.812. The number of hydrogen-bond acceptors (Lipinski definition) is 4. The summed E-state index contributed by atoms with van der Waals surface area (Å²) >= 11 is 0. The number of fused-ring (bicyclic) bond motifs is 1. The minimum atomic E-state index is -0.436. The van der Waals surface area contributed by atoms with Crippen molar-refractivity contribution >= 4 is 11.5 Å². The van der Waals surface area contributed by atoms with Crippen LogP contribution in [0.15, 0.2) is 0 Å². The molecule has 0 spiro atoms. The number of aromatic nitrogens is 2. The van der Waals surface area contributed by atoms with Gasteiger partial charge in [-0.15, -0.1) is 0 Å². The molecule has 1 aliphatic carbocycles. The molecule has 2 unspecified atom stereocenters. The Kier molecular flexibility index (Phi) is 3.86. The summed E-state index contributed by atoms with van der Waals surface area (Å²) < 4.78 is 1.92. The number of anilines is 2. The molecule has 1 aromatic heterocycles. The molecule has 1 aromatic rings. The molecule has 0 bridgehead atoms. The Hall–Kier alpha value is -1.23. The fourth-order valence-corrected chi connectivity index (χ4v) is 4.15. The average Bonchev–Trinajstić information content (AvgIpc) is 2.73. The summed E-state index contributed by atoms with van der Waals surface area (Å²) in [5.74, 6) is 1.43. The monoisotopic (exact) mass is 292 g/mol. The Bertz CT molecular complexity index is 513. The van der Waals surface area contributed by atoms with E-state index in [4.69, 9.17) is 5.73 Å². The highest BCUT2D eigenvalue weighted by Crippen LogP contribution is 2.42. The van der Waals surface area contributed by atoms with E-state index in [2.05, 4.69) is 16.9 Å². The van der Waals surface area contributed by atoms with Crippen molar-refractivity contribution in [2.24, 2.45) is 13.0 Å². The summed E-state index contributed by atoms with van der Waals surface area (Å²) in [5.41, 5.74) is 7.75. The third kappa shape index (κ3) is 2.52. The standard InChI is InChI=1S/C16H28N4O/c1-3-6-13-14(17)15(19(2)18-13)20-10-9-16(21)8-5-4-7-12(16)11-20/h12,21H,3-11,17H2,1-2H3. The predicted molar refractivity (Wildman–Crippen MR) is 85.4 cm³/mol. The molecule has 2 atom stereocenters. The molecular weight excluding hydrogens is 264 g/mol. The molecule has 118 valence electrons. The van der Waals surface area contributed by atoms with Crippen LogP contribution in [0.5, 0.6) is 0 Å². The zero-order chi connectivity index (χ0) is 15.0. The minimum Gasteiger partial charge on any atom is -0.394 e. The summed E-state index contributed by atoms with van der Waals surface area (Å²) in [7, 11) is 1.98. The highest BCUT2D eigenvalue weighted by molar-refractivity contribution is 5.66. The van der Waals surface area contributed by atoms with Crippen LogP contribution in [0.1, 0.15) is 51.1 Å². The second kappa shape index (κ2) is 5.52. The van der Waals surface area contributed by atoms with Crippen molar-refractivity contribution in [1.29, 1.82) is 0 Å². The topological polar surface area (TPSA) is 67.3 Å². The molecule has 2 fully saturated rings. The largest absolute Gasteiger partial charge is 0.394 e. The summed E-state index contributed by atoms with van der Waals surface area (Å²) in [5, 5.41) is 15.4. The van der Waals surface area contributed by atoms with Crippen LogP contribution in [0.25, 0.3) is 0 Å². The fourth-order valence-electron chi connectivity index (χ4n) is 4.15. The molecule has 1 saturated carbocycles. The van der Waals surface area contributed by atoms with Crippen molar-refractivity contribution in [3.63, 3.8) is 0 Å². The van der Waals surface area contributed by atoms with E-state index in [9.17, 15) is 5.11 Å². The number of aryl methyl sites for hydroxylation is 2. The second-order valence-electron chi connectivity index (χ2n) is 6.80. The molecule has 5 nitrogen and oxygen atoms in total. The minimum absolute atomic E-state index is 0.379. The average molecular weight is 292 g/mol. The normalized spacial score (nSPS) is 29.5. The maximum Gasteiger partial charge on any atom is 0.150 e. The Balaban J connectivity index is 1.82. The molecule has 21 heavy (non-hydrogen) atoms. The molecule has 1 aliphatic heterocycles. The van der Waals surface area contributed by atoms with Gasteiger partial charge in [-0.1, -0.05) is 26.2 Å². The Labute approximate surface area is 127 Å². The van der Waals surface area contributed by atoms with Crippen molar-refractivity contribution < 1.29 is 5.11 Å². The van der Waals surface area contributed by atoms with Gasteiger partial charge in [0.25, 0.3) is 0 Å². The Morgan fingerprint density at radius 1 is 1.38 bits per heavy atom. The first-order chi connectivity index (χ1) is 10.0. The first-order valence-electron chi connectivity index (χ1n) is 8.34. The van der Waals surface area contributed by atoms with Crippen molar-refractivity contribution in [1.82, 2.24) is 9.78 Å². The van der Waals surface area contributed by atoms with Crippen LogP contribution >= 0.6 is 0 Å². The van der Waals surface area contributed by atoms with E-state index in [0.29, 0.717) is 5.92 Å². The molecule has 0 amide bonds. The van der Waals surface area contributed by atoms with Crippen molar-refractivity contribution in [2.75, 3.05) is 23.7 Å². The highest BCUT2D eigenvalue weighted by atomic mass is 16.3. The smallest absolute Gasteiger partial charge is 0.150 e. The number of hydrogen-bond donors (Lipinski definition) is 2. The lowest BCUT2D eigenvalue weighted by atomic mass is 9.71. The van der Waals surface area contributed by atoms with Gasteiger partial charge in [-0.05, 0) is 25.7 Å². The Morgan fingerprint density at radius 2 is 2.19 bits per heavy atom. The van der Waals surface area contributed by atoms with E-state index in [0.717, 1.165) is 62.4 Å². The van der Waals surface area contributed by atoms with E-state index in [1.165, 1.54) is 12.8 Å². The summed E-state index contributed by atoms with van der Waals surface area (Å²) in [6.45, 7) is 3.94. The zero-order valence-electron chi connectivity index (χ0n) is 13.3. The molecule has 0 aromatic carbocycles. The number of nitrogens with zero attached hydrogens (tertiary/aromatic N) is 3. The quantitative estimate of drug-likeness (QED) is 0.895. The van der Waals surface area contributed by atoms with Gasteiger partial charge in [-0.2, -0.15) is 5.10 Å². The van der Waals surface area contributed by atoms with E-state index in [1.807, 2.05) is 11.7 Å². The first kappa shape index (κ1) is 14.7. The third-order valence-corrected chi connectivity index (χ3v) is 5.34. The second-order valence-corrected chi connectivity index (χ2v) is 6.80. The lowest BCUT2D eigenvalue weighted by Gasteiger charge is -2.48. The molecule has 2 aliphatic rings. The van der Waals surface area contributed by atoms with E-state index in [-0.39, 0.29) is 0 Å². The molecular formula is C16H28N4O. The van der Waals surface area contributed by atoms with Crippen LogP contribution in [0.3, 0.4) is 0 Å². The lowest BCUT2D eigenvalue weighted by Crippen LogP contribution is -2.53. The van der Waals surface area contributed by atoms with Crippen molar-refractivity contribution in [3.8, 4) is 0 Å². The maximum absolute atomic E-state index is 10.8. The number of nitrogens with two attached hydrogens (primary N) is 1. The molecule has 5 heteroatoms. The van der Waals surface area contributed by atoms with Gasteiger partial charge in [-0.3, -0.25) is 4.68 Å². The lowest BCUT2D eigenvalue weighted by molar-refractivity contribution is -0.0614. The van der Waals surface area contributed by atoms with E-state index >= 15 is 0 Å². The number of aliphatic hydroxyl groups is 1. The number of rotatable bonds is 3. The maximum atomic E-state index is 10.8. The van der Waals surface area contributed by atoms with Gasteiger partial charge in [-0.25, -0.2) is 0 Å². The summed E-state index contributed by atoms with van der Waals surface area (Å²) in [6.07, 6.45) is 7.35. The summed E-state index contributed by atoms with van der Waals surface area (Å²) in [6, 6.07) is 0. The molecule has 3 rings (SSSR count). The van der Waals surface area contributed by atoms with Gasteiger partial charge in [0.05, 0.1) is 17.0 Å². The molecule has 0 radical (unpaired) electrons. The van der Waals surface area contributed by atoms with Gasteiger partial charge >= 0.3 is 0 Å². The van der Waals surface area contributed by atoms with Gasteiger partial charge in [0, 0.05) is 26.1 Å². The van der Waals surface area contributed by atoms with Crippen molar-refractivity contribution in [3.05, 3.63) is 5.69 Å². The number of nitrogen functional groups attached to an aromatic ring is 1. The number of piperidine rings is 1. The van der Waals surface area contributed by atoms with Gasteiger partial charge in [0.15, 0.2) is 0 Å². The third-order valence-electron chi connectivity index (χ3n) is 5.34. The van der Waals surface area contributed by atoms with Crippen molar-refractivity contribution in [2.45, 2.75) is 57.5 Å². The summed E-state index contributed by atoms with van der Waals surface area (Å²) in [4.78, 5) is 2.34. The molecule has 1 saturated heterocycles. The SMILES string of the molecule is CCCc1nn(C)c(N2CCC3(O)CCCCC3C2)c1N. The van der Waals surface area contributed by atoms with Crippen LogP contribution in [0, 0.1) is 5.92 Å². The van der Waals surface area contributed by atoms with E-state index in [1.54, 1.807) is 0 Å². The molecule has 2 heterocycles. The highest BCUT2D eigenvalue weighted by Gasteiger charge is 2.43. The van der Waals surface area contributed by atoms with Gasteiger partial charge in [0.1, 0.15) is 5.82 Å². The first-order valence-corrected chi connectivity index (χ1v) is 8.34. The van der Waals surface area contributed by atoms with Crippen LogP contribution in [-0.2, 0) is 13.5 Å². The van der Waals surface area contributed by atoms with E-state index < -0.39 is 5.60 Å². The molecule has 3 N–H and O–H groups in total. The van der Waals surface area contributed by atoms with Crippen LogP contribution in [-0.4, -0.2) is 33.6 Å². The van der Waals surface area contributed by atoms with Gasteiger partial charge < -0.3 is 15.7 Å². The zero-order valence-corrected chi connectivity index (χ0v) is 13.3. The van der Waals surface area contributed by atoms with Gasteiger partial charge in [0.2, 0.25) is 0 Å². The Morgan fingerprint density at radius 3 is 2.95 bits per heavy atom. The van der Waals surface area contributed by atoms with Crippen LogP contribution < -0.4 is 10.6 Å². The predicted octanol–water partition coefficient (Wildman–Crippen LogP) is 2.09. The van der Waals surface area contributed by atoms with Crippen LogP contribution in [0.2, 0.25) is 0 Å². The van der Waals surface area contributed by atoms with Crippen LogP contribution in [0.4, 0.5) is 11.5 Å².